The smallest absolute Gasteiger partial charge is 0.205 e. The summed E-state index contributed by atoms with van der Waals surface area (Å²) in [5.41, 5.74) is 1.57. The van der Waals surface area contributed by atoms with Gasteiger partial charge in [0.2, 0.25) is 5.78 Å². The van der Waals surface area contributed by atoms with Crippen molar-refractivity contribution in [3.05, 3.63) is 71.2 Å². The monoisotopic (exact) mass is 320 g/mol. The van der Waals surface area contributed by atoms with E-state index in [1.165, 1.54) is 30.5 Å². The summed E-state index contributed by atoms with van der Waals surface area (Å²) in [6.07, 6.45) is 3.01. The number of aromatic nitrogens is 1. The molecule has 1 N–H and O–H groups in total. The third kappa shape index (κ3) is 2.90. The van der Waals surface area contributed by atoms with E-state index in [4.69, 9.17) is 4.74 Å². The third-order valence-electron chi connectivity index (χ3n) is 3.68. The molecule has 24 heavy (non-hydrogen) atoms. The van der Waals surface area contributed by atoms with Gasteiger partial charge in [-0.1, -0.05) is 12.1 Å². The first kappa shape index (κ1) is 15.5. The second-order valence-corrected chi connectivity index (χ2v) is 5.16. The van der Waals surface area contributed by atoms with Crippen molar-refractivity contribution in [2.75, 3.05) is 7.11 Å². The molecule has 0 bridgehead atoms. The van der Waals surface area contributed by atoms with Gasteiger partial charge in [0.05, 0.1) is 7.11 Å². The maximum atomic E-state index is 13.2. The van der Waals surface area contributed by atoms with Gasteiger partial charge in [-0.3, -0.25) is 4.79 Å². The Bertz CT molecular complexity index is 979. The standard InChI is InChI=1S/C19H13FN2O2/c1-24-15-5-2-12(3-6-15)8-13(10-21)19(23)17-11-22-18-9-14(20)4-7-16(17)18/h2-9,11,22H,1H3/b13-8-. The molecule has 0 saturated carbocycles. The van der Waals surface area contributed by atoms with Crippen molar-refractivity contribution in [1.82, 2.24) is 4.98 Å². The second kappa shape index (κ2) is 6.39. The molecule has 1 heterocycles. The van der Waals surface area contributed by atoms with Crippen LogP contribution in [0.3, 0.4) is 0 Å². The van der Waals surface area contributed by atoms with E-state index in [1.54, 1.807) is 31.4 Å². The number of aromatic amines is 1. The summed E-state index contributed by atoms with van der Waals surface area (Å²) < 4.78 is 18.3. The third-order valence-corrected chi connectivity index (χ3v) is 3.68. The SMILES string of the molecule is COc1ccc(/C=C(/C#N)C(=O)c2c[nH]c3cc(F)ccc23)cc1. The van der Waals surface area contributed by atoms with Crippen molar-refractivity contribution in [3.63, 3.8) is 0 Å². The predicted molar refractivity (Wildman–Crippen MR) is 89.2 cm³/mol. The van der Waals surface area contributed by atoms with Gasteiger partial charge in [-0.25, -0.2) is 4.39 Å². The zero-order chi connectivity index (χ0) is 17.1. The first-order valence-corrected chi connectivity index (χ1v) is 7.19. The van der Waals surface area contributed by atoms with Crippen LogP contribution in [0.2, 0.25) is 0 Å². The molecular weight excluding hydrogens is 307 g/mol. The lowest BCUT2D eigenvalue weighted by molar-refractivity contribution is 0.104. The minimum absolute atomic E-state index is 0.00499. The summed E-state index contributed by atoms with van der Waals surface area (Å²) in [5, 5.41) is 9.92. The quantitative estimate of drug-likeness (QED) is 0.447. The molecule has 3 rings (SSSR count). The Morgan fingerprint density at radius 3 is 2.67 bits per heavy atom. The van der Waals surface area contributed by atoms with Crippen LogP contribution >= 0.6 is 0 Å². The molecule has 0 aliphatic heterocycles. The zero-order valence-corrected chi connectivity index (χ0v) is 12.8. The van der Waals surface area contributed by atoms with Crippen molar-refractivity contribution in [3.8, 4) is 11.8 Å². The van der Waals surface area contributed by atoms with Crippen molar-refractivity contribution in [2.24, 2.45) is 0 Å². The van der Waals surface area contributed by atoms with Gasteiger partial charge in [-0.05, 0) is 42.0 Å². The zero-order valence-electron chi connectivity index (χ0n) is 12.8. The Hall–Kier alpha value is -3.39. The van der Waals surface area contributed by atoms with Gasteiger partial charge < -0.3 is 9.72 Å². The van der Waals surface area contributed by atoms with Crippen molar-refractivity contribution in [1.29, 1.82) is 5.26 Å². The molecular formula is C19H13FN2O2. The van der Waals surface area contributed by atoms with E-state index in [0.717, 1.165) is 0 Å². The van der Waals surface area contributed by atoms with Crippen LogP contribution in [0.5, 0.6) is 5.75 Å². The molecule has 1 aromatic heterocycles. The highest BCUT2D eigenvalue weighted by molar-refractivity contribution is 6.19. The summed E-state index contributed by atoms with van der Waals surface area (Å²) in [6, 6.07) is 13.1. The number of ether oxygens (including phenoxy) is 1. The molecule has 118 valence electrons. The number of ketones is 1. The summed E-state index contributed by atoms with van der Waals surface area (Å²) in [7, 11) is 1.56. The summed E-state index contributed by atoms with van der Waals surface area (Å²) in [6.45, 7) is 0. The number of H-pyrrole nitrogens is 1. The van der Waals surface area contributed by atoms with Crippen LogP contribution in [0.4, 0.5) is 4.39 Å². The Morgan fingerprint density at radius 2 is 2.00 bits per heavy atom. The van der Waals surface area contributed by atoms with Gasteiger partial charge in [0, 0.05) is 22.7 Å². The van der Waals surface area contributed by atoms with Crippen molar-refractivity contribution < 1.29 is 13.9 Å². The number of nitrogens with one attached hydrogen (secondary N) is 1. The molecule has 0 radical (unpaired) electrons. The first-order chi connectivity index (χ1) is 11.6. The summed E-state index contributed by atoms with van der Waals surface area (Å²) in [4.78, 5) is 15.5. The lowest BCUT2D eigenvalue weighted by Crippen LogP contribution is -2.01. The van der Waals surface area contributed by atoms with E-state index in [1.807, 2.05) is 6.07 Å². The highest BCUT2D eigenvalue weighted by Gasteiger charge is 2.17. The molecule has 0 aliphatic carbocycles. The molecule has 0 spiro atoms. The van der Waals surface area contributed by atoms with Gasteiger partial charge >= 0.3 is 0 Å². The Balaban J connectivity index is 1.98. The minimum atomic E-state index is -0.411. The molecule has 0 fully saturated rings. The number of rotatable bonds is 4. The van der Waals surface area contributed by atoms with E-state index in [-0.39, 0.29) is 5.57 Å². The molecule has 3 aromatic rings. The Labute approximate surface area is 137 Å². The number of nitrogens with zero attached hydrogens (tertiary/aromatic N) is 1. The van der Waals surface area contributed by atoms with Gasteiger partial charge in [-0.2, -0.15) is 5.26 Å². The number of allylic oxidation sites excluding steroid dienone is 1. The molecule has 0 atom stereocenters. The van der Waals surface area contributed by atoms with E-state index >= 15 is 0 Å². The molecule has 2 aromatic carbocycles. The van der Waals surface area contributed by atoms with E-state index in [9.17, 15) is 14.4 Å². The number of carbonyl (C=O) groups is 1. The lowest BCUT2D eigenvalue weighted by atomic mass is 10.0. The summed E-state index contributed by atoms with van der Waals surface area (Å²) >= 11 is 0. The number of fused-ring (bicyclic) bond motifs is 1. The highest BCUT2D eigenvalue weighted by atomic mass is 19.1. The topological polar surface area (TPSA) is 65.9 Å². The minimum Gasteiger partial charge on any atom is -0.497 e. The van der Waals surface area contributed by atoms with Crippen LogP contribution in [0.25, 0.3) is 17.0 Å². The lowest BCUT2D eigenvalue weighted by Gasteiger charge is -2.01. The number of benzene rings is 2. The number of carbonyl (C=O) groups excluding carboxylic acids is 1. The van der Waals surface area contributed by atoms with Gasteiger partial charge in [0.15, 0.2) is 0 Å². The fraction of sp³-hybridized carbons (Fsp3) is 0.0526. The first-order valence-electron chi connectivity index (χ1n) is 7.19. The maximum Gasteiger partial charge on any atom is 0.205 e. The van der Waals surface area contributed by atoms with Crippen molar-refractivity contribution in [2.45, 2.75) is 0 Å². The number of halogens is 1. The Kier molecular flexibility index (Phi) is 4.13. The fourth-order valence-electron chi connectivity index (χ4n) is 2.45. The average molecular weight is 320 g/mol. The predicted octanol–water partition coefficient (Wildman–Crippen LogP) is 4.11. The molecule has 0 unspecified atom stereocenters. The molecule has 0 aliphatic rings. The number of methoxy groups -OCH3 is 1. The Morgan fingerprint density at radius 1 is 1.25 bits per heavy atom. The van der Waals surface area contributed by atoms with Gasteiger partial charge in [0.25, 0.3) is 0 Å². The van der Waals surface area contributed by atoms with Crippen LogP contribution in [0, 0.1) is 17.1 Å². The largest absolute Gasteiger partial charge is 0.497 e. The van der Waals surface area contributed by atoms with Crippen LogP contribution in [0.15, 0.2) is 54.2 Å². The van der Waals surface area contributed by atoms with E-state index in [2.05, 4.69) is 4.98 Å². The van der Waals surface area contributed by atoms with Crippen LogP contribution in [-0.4, -0.2) is 17.9 Å². The number of nitriles is 1. The average Bonchev–Trinajstić information content (AvgIpc) is 3.02. The molecule has 5 heteroatoms. The number of hydrogen-bond acceptors (Lipinski definition) is 3. The maximum absolute atomic E-state index is 13.2. The molecule has 0 saturated heterocycles. The highest BCUT2D eigenvalue weighted by Crippen LogP contribution is 2.23. The van der Waals surface area contributed by atoms with Gasteiger partial charge in [0.1, 0.15) is 23.2 Å². The normalized spacial score (nSPS) is 11.3. The summed E-state index contributed by atoms with van der Waals surface area (Å²) in [5.74, 6) is -0.112. The van der Waals surface area contributed by atoms with Crippen LogP contribution in [0.1, 0.15) is 15.9 Å². The van der Waals surface area contributed by atoms with E-state index < -0.39 is 11.6 Å². The van der Waals surface area contributed by atoms with Crippen molar-refractivity contribution >= 4 is 22.8 Å². The fourth-order valence-corrected chi connectivity index (χ4v) is 2.45. The molecule has 0 amide bonds. The van der Waals surface area contributed by atoms with Crippen LogP contribution in [-0.2, 0) is 0 Å². The number of hydrogen-bond donors (Lipinski definition) is 1. The second-order valence-electron chi connectivity index (χ2n) is 5.16. The number of Topliss-reactive ketones (excluding diaryl/α,β-unsaturated/α-hetero) is 1. The van der Waals surface area contributed by atoms with Gasteiger partial charge in [-0.15, -0.1) is 0 Å². The molecule has 4 nitrogen and oxygen atoms in total. The van der Waals surface area contributed by atoms with E-state index in [0.29, 0.717) is 27.8 Å². The van der Waals surface area contributed by atoms with Crippen LogP contribution < -0.4 is 4.74 Å².